The standard InChI is InChI=1S/C21H18FN3O2S2/c1-24(21(27)19-5-3-11-29-19)13-20(26)25-17(14-6-8-15(22)9-7-14)12-16(23-25)18-4-2-10-28-18/h2-11,17H,12-13H2,1H3/t17-/m1/s1. The van der Waals surface area contributed by atoms with Gasteiger partial charge in [-0.25, -0.2) is 9.40 Å². The molecule has 2 amide bonds. The number of halogens is 1. The molecule has 2 aromatic heterocycles. The van der Waals surface area contributed by atoms with Crippen LogP contribution in [0.4, 0.5) is 4.39 Å². The summed E-state index contributed by atoms with van der Waals surface area (Å²) in [5.74, 6) is -0.808. The Balaban J connectivity index is 1.57. The minimum absolute atomic E-state index is 0.0877. The molecular weight excluding hydrogens is 409 g/mol. The normalized spacial score (nSPS) is 16.0. The van der Waals surface area contributed by atoms with E-state index >= 15 is 0 Å². The van der Waals surface area contributed by atoms with Crippen molar-refractivity contribution < 1.29 is 14.0 Å². The summed E-state index contributed by atoms with van der Waals surface area (Å²) in [6.45, 7) is -0.0877. The Kier molecular flexibility index (Phi) is 5.55. The van der Waals surface area contributed by atoms with Crippen LogP contribution >= 0.6 is 22.7 Å². The molecule has 148 valence electrons. The third-order valence-electron chi connectivity index (χ3n) is 4.68. The molecule has 0 unspecified atom stereocenters. The SMILES string of the molecule is CN(CC(=O)N1N=C(c2cccs2)C[C@@H]1c1ccc(F)cc1)C(=O)c1cccs1. The number of hydrogen-bond donors (Lipinski definition) is 0. The molecule has 1 aliphatic rings. The highest BCUT2D eigenvalue weighted by Crippen LogP contribution is 2.34. The van der Waals surface area contributed by atoms with Gasteiger partial charge in [-0.1, -0.05) is 24.3 Å². The maximum absolute atomic E-state index is 13.4. The van der Waals surface area contributed by atoms with Crippen molar-refractivity contribution in [3.8, 4) is 0 Å². The number of carbonyl (C=O) groups excluding carboxylic acids is 2. The number of hydrogen-bond acceptors (Lipinski definition) is 5. The maximum Gasteiger partial charge on any atom is 0.264 e. The van der Waals surface area contributed by atoms with Crippen LogP contribution in [-0.4, -0.2) is 41.0 Å². The van der Waals surface area contributed by atoms with Gasteiger partial charge in [-0.15, -0.1) is 22.7 Å². The van der Waals surface area contributed by atoms with Crippen LogP contribution in [0.2, 0.25) is 0 Å². The molecule has 0 aliphatic carbocycles. The fraction of sp³-hybridized carbons (Fsp3) is 0.190. The van der Waals surface area contributed by atoms with Crippen LogP contribution in [0, 0.1) is 5.82 Å². The number of nitrogens with zero attached hydrogens (tertiary/aromatic N) is 3. The molecule has 0 spiro atoms. The van der Waals surface area contributed by atoms with Gasteiger partial charge in [0.1, 0.15) is 12.4 Å². The first-order chi connectivity index (χ1) is 14.0. The van der Waals surface area contributed by atoms with Crippen molar-refractivity contribution in [1.82, 2.24) is 9.91 Å². The Hall–Kier alpha value is -2.84. The minimum Gasteiger partial charge on any atom is -0.332 e. The molecule has 1 aromatic carbocycles. The van der Waals surface area contributed by atoms with Gasteiger partial charge in [-0.05, 0) is 40.6 Å². The van der Waals surface area contributed by atoms with Crippen LogP contribution in [0.3, 0.4) is 0 Å². The van der Waals surface area contributed by atoms with Gasteiger partial charge < -0.3 is 4.90 Å². The quantitative estimate of drug-likeness (QED) is 0.606. The lowest BCUT2D eigenvalue weighted by Crippen LogP contribution is -2.39. The third-order valence-corrected chi connectivity index (χ3v) is 6.45. The van der Waals surface area contributed by atoms with E-state index in [0.29, 0.717) is 11.3 Å². The second-order valence-electron chi connectivity index (χ2n) is 6.67. The van der Waals surface area contributed by atoms with E-state index in [0.717, 1.165) is 16.2 Å². The summed E-state index contributed by atoms with van der Waals surface area (Å²) in [7, 11) is 1.60. The number of benzene rings is 1. The zero-order chi connectivity index (χ0) is 20.4. The molecule has 0 saturated heterocycles. The number of carbonyl (C=O) groups is 2. The lowest BCUT2D eigenvalue weighted by molar-refractivity contribution is -0.133. The Morgan fingerprint density at radius 1 is 1.14 bits per heavy atom. The van der Waals surface area contributed by atoms with Crippen LogP contribution in [0.1, 0.15) is 32.6 Å². The van der Waals surface area contributed by atoms with E-state index in [1.54, 1.807) is 42.6 Å². The van der Waals surface area contributed by atoms with Gasteiger partial charge >= 0.3 is 0 Å². The van der Waals surface area contributed by atoms with E-state index in [2.05, 4.69) is 5.10 Å². The average molecular weight is 428 g/mol. The summed E-state index contributed by atoms with van der Waals surface area (Å²) < 4.78 is 13.4. The predicted molar refractivity (Wildman–Crippen MR) is 113 cm³/mol. The molecule has 0 bridgehead atoms. The van der Waals surface area contributed by atoms with Crippen molar-refractivity contribution >= 4 is 40.2 Å². The highest BCUT2D eigenvalue weighted by atomic mass is 32.1. The monoisotopic (exact) mass is 427 g/mol. The number of likely N-dealkylation sites (N-methyl/N-ethyl adjacent to an activating group) is 1. The Bertz CT molecular complexity index is 1030. The molecule has 5 nitrogen and oxygen atoms in total. The first-order valence-electron chi connectivity index (χ1n) is 9.01. The lowest BCUT2D eigenvalue weighted by atomic mass is 10.0. The van der Waals surface area contributed by atoms with Gasteiger partial charge in [-0.2, -0.15) is 5.10 Å². The highest BCUT2D eigenvalue weighted by molar-refractivity contribution is 7.12. The maximum atomic E-state index is 13.4. The van der Waals surface area contributed by atoms with Gasteiger partial charge in [0.2, 0.25) is 0 Å². The Morgan fingerprint density at radius 3 is 2.52 bits per heavy atom. The minimum atomic E-state index is -0.328. The van der Waals surface area contributed by atoms with Crippen LogP contribution in [0.25, 0.3) is 0 Å². The molecule has 3 heterocycles. The molecule has 3 aromatic rings. The Morgan fingerprint density at radius 2 is 1.86 bits per heavy atom. The van der Waals surface area contributed by atoms with E-state index in [9.17, 15) is 14.0 Å². The molecule has 0 N–H and O–H groups in total. The molecule has 0 saturated carbocycles. The summed E-state index contributed by atoms with van der Waals surface area (Å²) in [4.78, 5) is 28.5. The molecule has 8 heteroatoms. The number of hydrazone groups is 1. The summed E-state index contributed by atoms with van der Waals surface area (Å²) in [6.07, 6.45) is 0.542. The second kappa shape index (κ2) is 8.26. The van der Waals surface area contributed by atoms with Crippen molar-refractivity contribution in [2.75, 3.05) is 13.6 Å². The fourth-order valence-electron chi connectivity index (χ4n) is 3.21. The first kappa shape index (κ1) is 19.5. The Labute approximate surface area is 175 Å². The van der Waals surface area contributed by atoms with Crippen molar-refractivity contribution in [3.63, 3.8) is 0 Å². The van der Waals surface area contributed by atoms with E-state index in [1.165, 1.54) is 33.4 Å². The van der Waals surface area contributed by atoms with Crippen molar-refractivity contribution in [1.29, 1.82) is 0 Å². The molecule has 1 atom stereocenters. The third kappa shape index (κ3) is 4.13. The predicted octanol–water partition coefficient (Wildman–Crippen LogP) is 4.40. The van der Waals surface area contributed by atoms with E-state index < -0.39 is 0 Å². The van der Waals surface area contributed by atoms with E-state index in [4.69, 9.17) is 0 Å². The zero-order valence-corrected chi connectivity index (χ0v) is 17.3. The number of amides is 2. The van der Waals surface area contributed by atoms with Gasteiger partial charge in [0.15, 0.2) is 0 Å². The van der Waals surface area contributed by atoms with E-state index in [1.807, 2.05) is 22.9 Å². The summed E-state index contributed by atoms with van der Waals surface area (Å²) >= 11 is 2.90. The summed E-state index contributed by atoms with van der Waals surface area (Å²) in [5.41, 5.74) is 1.62. The molecule has 29 heavy (non-hydrogen) atoms. The molecule has 0 fully saturated rings. The molecule has 1 aliphatic heterocycles. The first-order valence-corrected chi connectivity index (χ1v) is 10.8. The van der Waals surface area contributed by atoms with Crippen molar-refractivity contribution in [2.24, 2.45) is 5.10 Å². The summed E-state index contributed by atoms with van der Waals surface area (Å²) in [6, 6.07) is 13.2. The van der Waals surface area contributed by atoms with Gasteiger partial charge in [0.05, 0.1) is 21.5 Å². The van der Waals surface area contributed by atoms with Crippen molar-refractivity contribution in [2.45, 2.75) is 12.5 Å². The van der Waals surface area contributed by atoms with Crippen LogP contribution in [-0.2, 0) is 4.79 Å². The topological polar surface area (TPSA) is 53.0 Å². The van der Waals surface area contributed by atoms with Gasteiger partial charge in [-0.3, -0.25) is 9.59 Å². The molecule has 4 rings (SSSR count). The molecule has 0 radical (unpaired) electrons. The van der Waals surface area contributed by atoms with Crippen molar-refractivity contribution in [3.05, 3.63) is 80.4 Å². The zero-order valence-electron chi connectivity index (χ0n) is 15.6. The average Bonchev–Trinajstić information content (AvgIpc) is 3.48. The van der Waals surface area contributed by atoms with Crippen LogP contribution in [0.15, 0.2) is 64.4 Å². The molecular formula is C21H18FN3O2S2. The highest BCUT2D eigenvalue weighted by Gasteiger charge is 2.34. The van der Waals surface area contributed by atoms with Gasteiger partial charge in [0, 0.05) is 13.5 Å². The lowest BCUT2D eigenvalue weighted by Gasteiger charge is -2.24. The van der Waals surface area contributed by atoms with Gasteiger partial charge in [0.25, 0.3) is 11.8 Å². The summed E-state index contributed by atoms with van der Waals surface area (Å²) in [5, 5.41) is 9.78. The largest absolute Gasteiger partial charge is 0.332 e. The number of rotatable bonds is 5. The fourth-order valence-corrected chi connectivity index (χ4v) is 4.65. The number of thiophene rings is 2. The van der Waals surface area contributed by atoms with Crippen LogP contribution in [0.5, 0.6) is 0 Å². The van der Waals surface area contributed by atoms with E-state index in [-0.39, 0.29) is 30.2 Å². The van der Waals surface area contributed by atoms with Crippen LogP contribution < -0.4 is 0 Å². The second-order valence-corrected chi connectivity index (χ2v) is 8.57. The smallest absolute Gasteiger partial charge is 0.264 e.